The molecule has 2 N–H and O–H groups in total. The zero-order valence-corrected chi connectivity index (χ0v) is 18.3. The van der Waals surface area contributed by atoms with E-state index in [9.17, 15) is 9.59 Å². The number of carbonyl (C=O) groups is 2. The minimum absolute atomic E-state index is 0.0548. The van der Waals surface area contributed by atoms with Gasteiger partial charge in [-0.05, 0) is 57.2 Å². The maximum atomic E-state index is 12.8. The summed E-state index contributed by atoms with van der Waals surface area (Å²) in [6.07, 6.45) is 3.36. The largest absolute Gasteiger partial charge is 0.493 e. The number of rotatable bonds is 7. The maximum Gasteiger partial charge on any atom is 0.253 e. The molecule has 0 spiro atoms. The van der Waals surface area contributed by atoms with Gasteiger partial charge in [-0.1, -0.05) is 6.07 Å². The van der Waals surface area contributed by atoms with Crippen LogP contribution in [0.1, 0.15) is 64.7 Å². The molecule has 1 fully saturated rings. The van der Waals surface area contributed by atoms with Crippen LogP contribution in [0.25, 0.3) is 0 Å². The highest BCUT2D eigenvalue weighted by molar-refractivity contribution is 6.02. The molecule has 1 saturated carbocycles. The van der Waals surface area contributed by atoms with Gasteiger partial charge in [0.25, 0.3) is 5.91 Å². The number of aromatic amines is 1. The standard InChI is InChI=1S/C23H30N2O5/c1-13-20(14(2)24-21(13)15(3)26)23(27)25-16-9-11-17(12-10-16)30-19-8-6-7-18(28-4)22(19)29-5/h6-8,16-17,24H,9-12H2,1-5H3,(H,25,27). The first-order valence-electron chi connectivity index (χ1n) is 10.2. The van der Waals surface area contributed by atoms with Gasteiger partial charge in [-0.25, -0.2) is 0 Å². The van der Waals surface area contributed by atoms with E-state index in [4.69, 9.17) is 14.2 Å². The van der Waals surface area contributed by atoms with Crippen LogP contribution >= 0.6 is 0 Å². The molecule has 1 aromatic heterocycles. The van der Waals surface area contributed by atoms with Crippen LogP contribution in [0.3, 0.4) is 0 Å². The molecular formula is C23H30N2O5. The molecule has 0 atom stereocenters. The van der Waals surface area contributed by atoms with E-state index in [-0.39, 0.29) is 23.8 Å². The predicted octanol–water partition coefficient (Wildman–Crippen LogP) is 3.97. The van der Waals surface area contributed by atoms with Crippen molar-refractivity contribution in [2.45, 2.75) is 58.6 Å². The molecule has 0 saturated heterocycles. The number of aryl methyl sites for hydroxylation is 1. The molecule has 162 valence electrons. The second-order valence-corrected chi connectivity index (χ2v) is 7.74. The van der Waals surface area contributed by atoms with Crippen molar-refractivity contribution in [1.82, 2.24) is 10.3 Å². The van der Waals surface area contributed by atoms with E-state index in [0.717, 1.165) is 31.4 Å². The van der Waals surface area contributed by atoms with Crippen molar-refractivity contribution in [2.24, 2.45) is 0 Å². The molecule has 1 amide bonds. The van der Waals surface area contributed by atoms with Crippen LogP contribution in [0.4, 0.5) is 0 Å². The number of ether oxygens (including phenoxy) is 3. The van der Waals surface area contributed by atoms with E-state index < -0.39 is 0 Å². The van der Waals surface area contributed by atoms with Crippen LogP contribution in [0.2, 0.25) is 0 Å². The molecule has 2 aromatic rings. The van der Waals surface area contributed by atoms with Gasteiger partial charge < -0.3 is 24.5 Å². The lowest BCUT2D eigenvalue weighted by Crippen LogP contribution is -2.40. The number of hydrogen-bond acceptors (Lipinski definition) is 5. The van der Waals surface area contributed by atoms with E-state index in [1.165, 1.54) is 6.92 Å². The third kappa shape index (κ3) is 4.45. The molecule has 3 rings (SSSR count). The minimum Gasteiger partial charge on any atom is -0.493 e. The van der Waals surface area contributed by atoms with Gasteiger partial charge in [0, 0.05) is 18.7 Å². The van der Waals surface area contributed by atoms with Crippen molar-refractivity contribution < 1.29 is 23.8 Å². The van der Waals surface area contributed by atoms with Crippen LogP contribution < -0.4 is 19.5 Å². The van der Waals surface area contributed by atoms with Gasteiger partial charge in [0.1, 0.15) is 0 Å². The highest BCUT2D eigenvalue weighted by Crippen LogP contribution is 2.38. The Balaban J connectivity index is 1.59. The lowest BCUT2D eigenvalue weighted by Gasteiger charge is -2.30. The summed E-state index contributed by atoms with van der Waals surface area (Å²) in [5.74, 6) is 1.70. The second kappa shape index (κ2) is 9.24. The number of benzene rings is 1. The first kappa shape index (κ1) is 21.7. The number of methoxy groups -OCH3 is 2. The molecule has 0 bridgehead atoms. The number of H-pyrrole nitrogens is 1. The average molecular weight is 415 g/mol. The Morgan fingerprint density at radius 2 is 1.70 bits per heavy atom. The molecule has 0 radical (unpaired) electrons. The maximum absolute atomic E-state index is 12.8. The molecule has 0 aliphatic heterocycles. The lowest BCUT2D eigenvalue weighted by atomic mass is 9.92. The molecule has 30 heavy (non-hydrogen) atoms. The summed E-state index contributed by atoms with van der Waals surface area (Å²) in [5.41, 5.74) is 2.50. The minimum atomic E-state index is -0.132. The fourth-order valence-corrected chi connectivity index (χ4v) is 4.16. The van der Waals surface area contributed by atoms with Gasteiger partial charge >= 0.3 is 0 Å². The number of amides is 1. The third-order valence-corrected chi connectivity index (χ3v) is 5.69. The Morgan fingerprint density at radius 1 is 1.03 bits per heavy atom. The molecule has 7 heteroatoms. The van der Waals surface area contributed by atoms with Crippen LogP contribution in [-0.4, -0.2) is 43.0 Å². The van der Waals surface area contributed by atoms with Crippen LogP contribution in [-0.2, 0) is 0 Å². The van der Waals surface area contributed by atoms with Crippen molar-refractivity contribution in [3.8, 4) is 17.2 Å². The first-order chi connectivity index (χ1) is 14.3. The van der Waals surface area contributed by atoms with Gasteiger partial charge in [0.2, 0.25) is 5.75 Å². The first-order valence-corrected chi connectivity index (χ1v) is 10.2. The quantitative estimate of drug-likeness (QED) is 0.669. The fraction of sp³-hybridized carbons (Fsp3) is 0.478. The SMILES string of the molecule is COc1cccc(OC2CCC(NC(=O)c3c(C)[nH]c(C(C)=O)c3C)CC2)c1OC. The summed E-state index contributed by atoms with van der Waals surface area (Å²) in [4.78, 5) is 27.6. The topological polar surface area (TPSA) is 89.7 Å². The number of aromatic nitrogens is 1. The predicted molar refractivity (Wildman–Crippen MR) is 114 cm³/mol. The van der Waals surface area contributed by atoms with Crippen molar-refractivity contribution >= 4 is 11.7 Å². The fourth-order valence-electron chi connectivity index (χ4n) is 4.16. The second-order valence-electron chi connectivity index (χ2n) is 7.74. The van der Waals surface area contributed by atoms with Gasteiger partial charge in [-0.15, -0.1) is 0 Å². The van der Waals surface area contributed by atoms with E-state index in [1.807, 2.05) is 25.1 Å². The van der Waals surface area contributed by atoms with Crippen LogP contribution in [0.15, 0.2) is 18.2 Å². The molecule has 1 heterocycles. The number of carbonyl (C=O) groups excluding carboxylic acids is 2. The summed E-state index contributed by atoms with van der Waals surface area (Å²) in [7, 11) is 3.20. The number of para-hydroxylation sites is 1. The summed E-state index contributed by atoms with van der Waals surface area (Å²) in [5, 5.41) is 3.12. The molecular weight excluding hydrogens is 384 g/mol. The zero-order valence-electron chi connectivity index (χ0n) is 18.3. The molecule has 1 aliphatic rings. The number of ketones is 1. The Morgan fingerprint density at radius 3 is 2.27 bits per heavy atom. The van der Waals surface area contributed by atoms with Gasteiger partial charge in [-0.3, -0.25) is 9.59 Å². The van der Waals surface area contributed by atoms with Crippen molar-refractivity contribution in [3.63, 3.8) is 0 Å². The highest BCUT2D eigenvalue weighted by Gasteiger charge is 2.27. The Bertz CT molecular complexity index is 926. The summed E-state index contributed by atoms with van der Waals surface area (Å²) in [6.45, 7) is 5.13. The van der Waals surface area contributed by atoms with Crippen molar-refractivity contribution in [2.75, 3.05) is 14.2 Å². The lowest BCUT2D eigenvalue weighted by molar-refractivity contribution is 0.0890. The monoisotopic (exact) mass is 414 g/mol. The van der Waals surface area contributed by atoms with Crippen LogP contribution in [0.5, 0.6) is 17.2 Å². The van der Waals surface area contributed by atoms with E-state index in [0.29, 0.717) is 34.1 Å². The number of Topliss-reactive ketones (excluding diaryl/α,β-unsaturated/α-hetero) is 1. The normalized spacial score (nSPS) is 18.6. The zero-order chi connectivity index (χ0) is 21.8. The van der Waals surface area contributed by atoms with Gasteiger partial charge in [0.05, 0.1) is 31.6 Å². The Hall–Kier alpha value is -2.96. The molecule has 7 nitrogen and oxygen atoms in total. The Kier molecular flexibility index (Phi) is 6.70. The molecule has 0 unspecified atom stereocenters. The Labute approximate surface area is 177 Å². The number of hydrogen-bond donors (Lipinski definition) is 2. The van der Waals surface area contributed by atoms with Gasteiger partial charge in [-0.2, -0.15) is 0 Å². The molecule has 1 aromatic carbocycles. The molecule has 1 aliphatic carbocycles. The van der Waals surface area contributed by atoms with Gasteiger partial charge in [0.15, 0.2) is 17.3 Å². The summed E-state index contributed by atoms with van der Waals surface area (Å²) >= 11 is 0. The van der Waals surface area contributed by atoms with E-state index in [2.05, 4.69) is 10.3 Å². The third-order valence-electron chi connectivity index (χ3n) is 5.69. The smallest absolute Gasteiger partial charge is 0.253 e. The van der Waals surface area contributed by atoms with Crippen molar-refractivity contribution in [3.05, 3.63) is 40.7 Å². The van der Waals surface area contributed by atoms with Crippen LogP contribution in [0, 0.1) is 13.8 Å². The summed E-state index contributed by atoms with van der Waals surface area (Å²) < 4.78 is 16.9. The summed E-state index contributed by atoms with van der Waals surface area (Å²) in [6, 6.07) is 5.67. The van der Waals surface area contributed by atoms with E-state index >= 15 is 0 Å². The average Bonchev–Trinajstić information content (AvgIpc) is 3.03. The highest BCUT2D eigenvalue weighted by atomic mass is 16.5. The number of nitrogens with one attached hydrogen (secondary N) is 2. The van der Waals surface area contributed by atoms with Crippen molar-refractivity contribution in [1.29, 1.82) is 0 Å². The van der Waals surface area contributed by atoms with E-state index in [1.54, 1.807) is 21.1 Å².